The minimum atomic E-state index is -0.351. The van der Waals surface area contributed by atoms with Gasteiger partial charge in [-0.1, -0.05) is 0 Å². The van der Waals surface area contributed by atoms with Crippen LogP contribution in [0.5, 0.6) is 23.0 Å². The van der Waals surface area contributed by atoms with Gasteiger partial charge in [-0.05, 0) is 30.3 Å². The van der Waals surface area contributed by atoms with Gasteiger partial charge in [0.1, 0.15) is 11.3 Å². The third-order valence-electron chi connectivity index (χ3n) is 3.48. The van der Waals surface area contributed by atoms with E-state index in [1.54, 1.807) is 6.07 Å². The first kappa shape index (κ1) is 14.8. The second kappa shape index (κ2) is 5.57. The van der Waals surface area contributed by atoms with Crippen LogP contribution in [0.2, 0.25) is 0 Å². The van der Waals surface area contributed by atoms with Crippen molar-refractivity contribution in [3.8, 4) is 34.3 Å². The molecule has 1 aromatic heterocycles. The molecule has 0 atom stereocenters. The maximum atomic E-state index is 12.5. The van der Waals surface area contributed by atoms with Gasteiger partial charge in [0.15, 0.2) is 17.3 Å². The van der Waals surface area contributed by atoms with E-state index in [4.69, 9.17) is 13.9 Å². The highest BCUT2D eigenvalue weighted by Gasteiger charge is 2.18. The Bertz CT molecular complexity index is 942. The van der Waals surface area contributed by atoms with Crippen LogP contribution < -0.4 is 14.9 Å². The van der Waals surface area contributed by atoms with Crippen molar-refractivity contribution in [2.24, 2.45) is 0 Å². The number of hydrogen-bond acceptors (Lipinski definition) is 6. The van der Waals surface area contributed by atoms with Gasteiger partial charge in [0.25, 0.3) is 0 Å². The lowest BCUT2D eigenvalue weighted by molar-refractivity contribution is 0.373. The number of phenolic OH excluding ortho intramolecular Hbond substituents is 2. The first-order valence-corrected chi connectivity index (χ1v) is 6.76. The van der Waals surface area contributed by atoms with Gasteiger partial charge in [0.05, 0.1) is 19.6 Å². The number of hydrogen-bond donors (Lipinski definition) is 2. The fourth-order valence-corrected chi connectivity index (χ4v) is 2.36. The van der Waals surface area contributed by atoms with E-state index >= 15 is 0 Å². The number of ether oxygens (including phenoxy) is 2. The molecular weight excluding hydrogens is 300 g/mol. The molecule has 0 radical (unpaired) electrons. The van der Waals surface area contributed by atoms with Crippen LogP contribution in [-0.4, -0.2) is 24.4 Å². The second-order valence-electron chi connectivity index (χ2n) is 4.86. The van der Waals surface area contributed by atoms with Gasteiger partial charge in [-0.25, -0.2) is 0 Å². The Balaban J connectivity index is 2.34. The summed E-state index contributed by atoms with van der Waals surface area (Å²) in [7, 11) is 2.80. The van der Waals surface area contributed by atoms with Gasteiger partial charge < -0.3 is 24.1 Å². The minimum absolute atomic E-state index is 0.0138. The summed E-state index contributed by atoms with van der Waals surface area (Å²) in [5.74, 6) is 0.420. The molecule has 6 nitrogen and oxygen atoms in total. The topological polar surface area (TPSA) is 89.1 Å². The van der Waals surface area contributed by atoms with Crippen molar-refractivity contribution in [1.82, 2.24) is 0 Å². The molecule has 2 N–H and O–H groups in total. The molecule has 6 heteroatoms. The van der Waals surface area contributed by atoms with Gasteiger partial charge in [-0.15, -0.1) is 0 Å². The third kappa shape index (κ3) is 2.44. The molecule has 0 saturated heterocycles. The minimum Gasteiger partial charge on any atom is -0.508 e. The first-order chi connectivity index (χ1) is 11.0. The van der Waals surface area contributed by atoms with E-state index in [0.717, 1.165) is 0 Å². The summed E-state index contributed by atoms with van der Waals surface area (Å²) in [4.78, 5) is 12.5. The van der Waals surface area contributed by atoms with Crippen molar-refractivity contribution in [2.75, 3.05) is 14.2 Å². The van der Waals surface area contributed by atoms with Gasteiger partial charge in [0, 0.05) is 11.6 Å². The fourth-order valence-electron chi connectivity index (χ4n) is 2.36. The number of fused-ring (bicyclic) bond motifs is 1. The third-order valence-corrected chi connectivity index (χ3v) is 3.48. The van der Waals surface area contributed by atoms with Crippen LogP contribution in [0.15, 0.2) is 45.6 Å². The fraction of sp³-hybridized carbons (Fsp3) is 0.118. The smallest absolute Gasteiger partial charge is 0.235 e. The molecule has 0 aliphatic rings. The maximum Gasteiger partial charge on any atom is 0.235 e. The van der Waals surface area contributed by atoms with E-state index < -0.39 is 0 Å². The van der Waals surface area contributed by atoms with Gasteiger partial charge in [-0.2, -0.15) is 0 Å². The zero-order chi connectivity index (χ0) is 16.6. The molecular formula is C17H14O6. The molecule has 0 aliphatic carbocycles. The lowest BCUT2D eigenvalue weighted by atomic mass is 10.1. The molecule has 0 fully saturated rings. The lowest BCUT2D eigenvalue weighted by Gasteiger charge is -2.11. The first-order valence-electron chi connectivity index (χ1n) is 6.76. The van der Waals surface area contributed by atoms with E-state index in [9.17, 15) is 15.0 Å². The Labute approximate surface area is 131 Å². The summed E-state index contributed by atoms with van der Waals surface area (Å²) in [6, 6.07) is 8.78. The largest absolute Gasteiger partial charge is 0.508 e. The van der Waals surface area contributed by atoms with Crippen LogP contribution in [-0.2, 0) is 0 Å². The van der Waals surface area contributed by atoms with Crippen LogP contribution in [0.4, 0.5) is 0 Å². The summed E-state index contributed by atoms with van der Waals surface area (Å²) in [6.07, 6.45) is 0. The summed E-state index contributed by atoms with van der Waals surface area (Å²) in [6.45, 7) is 0. The van der Waals surface area contributed by atoms with E-state index in [1.807, 2.05) is 0 Å². The van der Waals surface area contributed by atoms with E-state index in [-0.39, 0.29) is 39.8 Å². The van der Waals surface area contributed by atoms with Gasteiger partial charge in [0.2, 0.25) is 11.2 Å². The predicted octanol–water partition coefficient (Wildman–Crippen LogP) is 2.89. The Kier molecular flexibility index (Phi) is 3.57. The van der Waals surface area contributed by atoms with Crippen LogP contribution in [0.3, 0.4) is 0 Å². The molecule has 23 heavy (non-hydrogen) atoms. The number of methoxy groups -OCH3 is 2. The molecule has 0 saturated carbocycles. The summed E-state index contributed by atoms with van der Waals surface area (Å²) in [5.41, 5.74) is 0.382. The Morgan fingerprint density at radius 2 is 1.78 bits per heavy atom. The summed E-state index contributed by atoms with van der Waals surface area (Å²) < 4.78 is 16.0. The molecule has 3 aromatic rings. The normalized spacial score (nSPS) is 10.7. The highest BCUT2D eigenvalue weighted by molar-refractivity contribution is 5.83. The average molecular weight is 314 g/mol. The van der Waals surface area contributed by atoms with Crippen molar-refractivity contribution in [3.63, 3.8) is 0 Å². The zero-order valence-electron chi connectivity index (χ0n) is 12.5. The van der Waals surface area contributed by atoms with E-state index in [0.29, 0.717) is 10.9 Å². The average Bonchev–Trinajstić information content (AvgIpc) is 2.55. The molecule has 0 spiro atoms. The lowest BCUT2D eigenvalue weighted by Crippen LogP contribution is -2.07. The number of benzene rings is 2. The maximum absolute atomic E-state index is 12.5. The van der Waals surface area contributed by atoms with Gasteiger partial charge >= 0.3 is 0 Å². The SMILES string of the molecule is COc1cc(-c2oc3cc(O)ccc3c(=O)c2OC)ccc1O. The summed E-state index contributed by atoms with van der Waals surface area (Å²) in [5, 5.41) is 19.6. The predicted molar refractivity (Wildman–Crippen MR) is 84.4 cm³/mol. The Morgan fingerprint density at radius 3 is 2.48 bits per heavy atom. The molecule has 3 rings (SSSR count). The standard InChI is InChI=1S/C17H14O6/c1-21-14-7-9(3-6-12(14)19)16-17(22-2)15(20)11-5-4-10(18)8-13(11)23-16/h3-8,18-19H,1-2H3. The van der Waals surface area contributed by atoms with Crippen molar-refractivity contribution in [1.29, 1.82) is 0 Å². The van der Waals surface area contributed by atoms with Crippen LogP contribution in [0, 0.1) is 0 Å². The molecule has 0 amide bonds. The highest BCUT2D eigenvalue weighted by atomic mass is 16.5. The highest BCUT2D eigenvalue weighted by Crippen LogP contribution is 2.36. The van der Waals surface area contributed by atoms with E-state index in [1.165, 1.54) is 44.6 Å². The second-order valence-corrected chi connectivity index (χ2v) is 4.86. The van der Waals surface area contributed by atoms with Crippen molar-refractivity contribution < 1.29 is 24.1 Å². The summed E-state index contributed by atoms with van der Waals surface area (Å²) >= 11 is 0. The number of aromatic hydroxyl groups is 2. The Hall–Kier alpha value is -3.15. The molecule has 0 unspecified atom stereocenters. The monoisotopic (exact) mass is 314 g/mol. The number of phenols is 2. The van der Waals surface area contributed by atoms with Crippen molar-refractivity contribution in [2.45, 2.75) is 0 Å². The van der Waals surface area contributed by atoms with Crippen LogP contribution in [0.1, 0.15) is 0 Å². The molecule has 118 valence electrons. The number of rotatable bonds is 3. The molecule has 2 aromatic carbocycles. The van der Waals surface area contributed by atoms with E-state index in [2.05, 4.69) is 0 Å². The van der Waals surface area contributed by atoms with Crippen molar-refractivity contribution in [3.05, 3.63) is 46.6 Å². The van der Waals surface area contributed by atoms with Gasteiger partial charge in [-0.3, -0.25) is 4.79 Å². The van der Waals surface area contributed by atoms with Crippen LogP contribution in [0.25, 0.3) is 22.3 Å². The van der Waals surface area contributed by atoms with Crippen LogP contribution >= 0.6 is 0 Å². The quantitative estimate of drug-likeness (QED) is 0.772. The zero-order valence-corrected chi connectivity index (χ0v) is 12.5. The molecule has 0 aliphatic heterocycles. The molecule has 1 heterocycles. The Morgan fingerprint density at radius 1 is 1.00 bits per heavy atom. The molecule has 0 bridgehead atoms. The van der Waals surface area contributed by atoms with Crippen molar-refractivity contribution >= 4 is 11.0 Å².